The van der Waals surface area contributed by atoms with E-state index in [0.29, 0.717) is 5.75 Å². The number of rotatable bonds is 4. The lowest BCUT2D eigenvalue weighted by molar-refractivity contribution is -0.133. The van der Waals surface area contributed by atoms with Crippen LogP contribution in [0.15, 0.2) is 60.4 Å². The van der Waals surface area contributed by atoms with Gasteiger partial charge in [0.2, 0.25) is 5.76 Å². The predicted octanol–water partition coefficient (Wildman–Crippen LogP) is 3.59. The van der Waals surface area contributed by atoms with Crippen molar-refractivity contribution in [1.82, 2.24) is 0 Å². The van der Waals surface area contributed by atoms with E-state index in [1.807, 2.05) is 55.5 Å². The van der Waals surface area contributed by atoms with Gasteiger partial charge in [-0.2, -0.15) is 0 Å². The predicted molar refractivity (Wildman–Crippen MR) is 78.2 cm³/mol. The van der Waals surface area contributed by atoms with Crippen LogP contribution in [0.3, 0.4) is 0 Å². The fraction of sp³-hybridized carbons (Fsp3) is 0.118. The van der Waals surface area contributed by atoms with Gasteiger partial charge in [0, 0.05) is 0 Å². The molecule has 20 heavy (non-hydrogen) atoms. The van der Waals surface area contributed by atoms with Crippen molar-refractivity contribution >= 4 is 12.0 Å². The van der Waals surface area contributed by atoms with Gasteiger partial charge < -0.3 is 9.47 Å². The number of para-hydroxylation sites is 1. The molecule has 0 aliphatic heterocycles. The Morgan fingerprint density at radius 1 is 1.00 bits per heavy atom. The number of benzene rings is 2. The normalized spacial score (nSPS) is 11.0. The lowest BCUT2D eigenvalue weighted by atomic mass is 10.2. The van der Waals surface area contributed by atoms with Crippen LogP contribution in [0, 0.1) is 6.92 Å². The number of carbonyl (C=O) groups excluding carboxylic acids is 1. The molecule has 0 unspecified atom stereocenters. The molecule has 0 spiro atoms. The van der Waals surface area contributed by atoms with E-state index in [1.54, 1.807) is 12.1 Å². The zero-order valence-electron chi connectivity index (χ0n) is 11.5. The quantitative estimate of drug-likeness (QED) is 0.368. The first kappa shape index (κ1) is 13.9. The third-order valence-corrected chi connectivity index (χ3v) is 2.81. The first-order chi connectivity index (χ1) is 9.70. The Balaban J connectivity index is 2.18. The van der Waals surface area contributed by atoms with E-state index in [-0.39, 0.29) is 5.76 Å². The average Bonchev–Trinajstić information content (AvgIpc) is 2.48. The Kier molecular flexibility index (Phi) is 4.56. The SMILES string of the molecule is COC(=Cc1ccccc1)C(=O)Oc1ccccc1C. The summed E-state index contributed by atoms with van der Waals surface area (Å²) in [5, 5.41) is 0. The molecule has 2 aromatic rings. The van der Waals surface area contributed by atoms with E-state index < -0.39 is 5.97 Å². The molecule has 2 aromatic carbocycles. The van der Waals surface area contributed by atoms with Crippen molar-refractivity contribution < 1.29 is 14.3 Å². The number of aryl methyl sites for hydroxylation is 1. The van der Waals surface area contributed by atoms with E-state index >= 15 is 0 Å². The summed E-state index contributed by atoms with van der Waals surface area (Å²) in [5.41, 5.74) is 1.78. The molecule has 3 heteroatoms. The lowest BCUT2D eigenvalue weighted by Crippen LogP contribution is -2.13. The second-order valence-electron chi connectivity index (χ2n) is 4.28. The summed E-state index contributed by atoms with van der Waals surface area (Å²) in [5.74, 6) is 0.193. The van der Waals surface area contributed by atoms with Crippen molar-refractivity contribution in [2.75, 3.05) is 7.11 Å². The third kappa shape index (κ3) is 3.48. The van der Waals surface area contributed by atoms with Gasteiger partial charge in [-0.1, -0.05) is 48.5 Å². The Hall–Kier alpha value is -2.55. The van der Waals surface area contributed by atoms with Crippen molar-refractivity contribution in [2.24, 2.45) is 0 Å². The van der Waals surface area contributed by atoms with E-state index in [4.69, 9.17) is 9.47 Å². The fourth-order valence-corrected chi connectivity index (χ4v) is 1.72. The van der Waals surface area contributed by atoms with Crippen molar-refractivity contribution in [3.05, 3.63) is 71.5 Å². The van der Waals surface area contributed by atoms with Crippen LogP contribution in [0.2, 0.25) is 0 Å². The van der Waals surface area contributed by atoms with Crippen LogP contribution in [0.1, 0.15) is 11.1 Å². The third-order valence-electron chi connectivity index (χ3n) is 2.81. The molecule has 102 valence electrons. The number of methoxy groups -OCH3 is 1. The number of carbonyl (C=O) groups is 1. The van der Waals surface area contributed by atoms with Crippen LogP contribution >= 0.6 is 0 Å². The molecule has 0 saturated carbocycles. The van der Waals surface area contributed by atoms with E-state index in [9.17, 15) is 4.79 Å². The number of hydrogen-bond donors (Lipinski definition) is 0. The molecular formula is C17H16O3. The number of hydrogen-bond acceptors (Lipinski definition) is 3. The summed E-state index contributed by atoms with van der Waals surface area (Å²) in [6, 6.07) is 16.8. The minimum atomic E-state index is -0.509. The molecule has 0 N–H and O–H groups in total. The summed E-state index contributed by atoms with van der Waals surface area (Å²) >= 11 is 0. The van der Waals surface area contributed by atoms with Crippen LogP contribution in [0.5, 0.6) is 5.75 Å². The summed E-state index contributed by atoms with van der Waals surface area (Å²) in [6.45, 7) is 1.88. The Morgan fingerprint density at radius 2 is 1.65 bits per heavy atom. The van der Waals surface area contributed by atoms with Crippen LogP contribution < -0.4 is 4.74 Å². The van der Waals surface area contributed by atoms with Gasteiger partial charge in [0.25, 0.3) is 0 Å². The largest absolute Gasteiger partial charge is 0.490 e. The fourth-order valence-electron chi connectivity index (χ4n) is 1.72. The first-order valence-electron chi connectivity index (χ1n) is 6.29. The maximum absolute atomic E-state index is 12.1. The highest BCUT2D eigenvalue weighted by molar-refractivity contribution is 5.93. The molecule has 0 aromatic heterocycles. The van der Waals surface area contributed by atoms with Gasteiger partial charge in [-0.05, 0) is 30.2 Å². The Morgan fingerprint density at radius 3 is 2.30 bits per heavy atom. The topological polar surface area (TPSA) is 35.5 Å². The van der Waals surface area contributed by atoms with Gasteiger partial charge in [0.15, 0.2) is 0 Å². The van der Waals surface area contributed by atoms with E-state index in [0.717, 1.165) is 11.1 Å². The van der Waals surface area contributed by atoms with Crippen LogP contribution in [0.4, 0.5) is 0 Å². The lowest BCUT2D eigenvalue weighted by Gasteiger charge is -2.09. The molecule has 0 aliphatic carbocycles. The van der Waals surface area contributed by atoms with Gasteiger partial charge >= 0.3 is 5.97 Å². The Labute approximate surface area is 118 Å². The van der Waals surface area contributed by atoms with Gasteiger partial charge in [-0.25, -0.2) is 4.79 Å². The van der Waals surface area contributed by atoms with Gasteiger partial charge in [-0.15, -0.1) is 0 Å². The van der Waals surface area contributed by atoms with E-state index in [2.05, 4.69) is 0 Å². The minimum Gasteiger partial charge on any atom is -0.490 e. The standard InChI is InChI=1S/C17H16O3/c1-13-8-6-7-11-15(13)20-17(18)16(19-2)12-14-9-4-3-5-10-14/h3-12H,1-2H3. The summed E-state index contributed by atoms with van der Waals surface area (Å²) in [4.78, 5) is 12.1. The van der Waals surface area contributed by atoms with Crippen LogP contribution in [-0.2, 0) is 9.53 Å². The molecule has 0 atom stereocenters. The van der Waals surface area contributed by atoms with Crippen molar-refractivity contribution in [1.29, 1.82) is 0 Å². The zero-order valence-corrected chi connectivity index (χ0v) is 11.5. The highest BCUT2D eigenvalue weighted by Crippen LogP contribution is 2.18. The molecule has 0 radical (unpaired) electrons. The number of esters is 1. The molecule has 0 fully saturated rings. The van der Waals surface area contributed by atoms with Crippen molar-refractivity contribution in [2.45, 2.75) is 6.92 Å². The molecule has 0 aliphatic rings. The van der Waals surface area contributed by atoms with Crippen molar-refractivity contribution in [3.8, 4) is 5.75 Å². The minimum absolute atomic E-state index is 0.166. The monoisotopic (exact) mass is 268 g/mol. The smallest absolute Gasteiger partial charge is 0.379 e. The second kappa shape index (κ2) is 6.57. The molecule has 3 nitrogen and oxygen atoms in total. The summed E-state index contributed by atoms with van der Waals surface area (Å²) in [6.07, 6.45) is 1.65. The maximum Gasteiger partial charge on any atom is 0.379 e. The van der Waals surface area contributed by atoms with Gasteiger partial charge in [0.05, 0.1) is 7.11 Å². The highest BCUT2D eigenvalue weighted by Gasteiger charge is 2.13. The van der Waals surface area contributed by atoms with Crippen LogP contribution in [-0.4, -0.2) is 13.1 Å². The molecule has 0 saturated heterocycles. The van der Waals surface area contributed by atoms with Crippen molar-refractivity contribution in [3.63, 3.8) is 0 Å². The summed E-state index contributed by atoms with van der Waals surface area (Å²) < 4.78 is 10.5. The second-order valence-corrected chi connectivity index (χ2v) is 4.28. The molecule has 2 rings (SSSR count). The van der Waals surface area contributed by atoms with Crippen LogP contribution in [0.25, 0.3) is 6.08 Å². The molecule has 0 amide bonds. The average molecular weight is 268 g/mol. The summed E-state index contributed by atoms with van der Waals surface area (Å²) in [7, 11) is 1.45. The molecule has 0 bridgehead atoms. The highest BCUT2D eigenvalue weighted by atomic mass is 16.6. The Bertz CT molecular complexity index is 615. The molecular weight excluding hydrogens is 252 g/mol. The maximum atomic E-state index is 12.1. The first-order valence-corrected chi connectivity index (χ1v) is 6.29. The molecule has 0 heterocycles. The van der Waals surface area contributed by atoms with Gasteiger partial charge in [0.1, 0.15) is 5.75 Å². The number of ether oxygens (including phenoxy) is 2. The van der Waals surface area contributed by atoms with E-state index in [1.165, 1.54) is 7.11 Å². The van der Waals surface area contributed by atoms with Gasteiger partial charge in [-0.3, -0.25) is 0 Å². The zero-order chi connectivity index (χ0) is 14.4.